The van der Waals surface area contributed by atoms with E-state index in [0.717, 1.165) is 0 Å². The van der Waals surface area contributed by atoms with Crippen LogP contribution in [-0.4, -0.2) is 23.1 Å². The number of aliphatic hydroxyl groups is 1. The molecule has 0 aromatic carbocycles. The van der Waals surface area contributed by atoms with E-state index in [1.165, 1.54) is 0 Å². The molecule has 0 aromatic rings. The molecule has 0 aromatic heterocycles. The van der Waals surface area contributed by atoms with Crippen LogP contribution in [0, 0.1) is 0 Å². The molecule has 0 saturated heterocycles. The molecule has 0 bridgehead atoms. The molecule has 0 spiro atoms. The monoisotopic (exact) mass is 106 g/mol. The minimum atomic E-state index is -0.382. The minimum absolute atomic E-state index is 0.206. The van der Waals surface area contributed by atoms with Gasteiger partial charge in [0.2, 0.25) is 0 Å². The molecule has 1 atom stereocenters. The van der Waals surface area contributed by atoms with Crippen molar-refractivity contribution in [2.45, 2.75) is 19.4 Å². The first-order valence-corrected chi connectivity index (χ1v) is 2.22. The summed E-state index contributed by atoms with van der Waals surface area (Å²) >= 11 is 0. The molecule has 0 radical (unpaired) electrons. The second-order valence-electron chi connectivity index (χ2n) is 1.47. The highest BCUT2D eigenvalue weighted by Gasteiger charge is 1.91. The van der Waals surface area contributed by atoms with Gasteiger partial charge in [-0.05, 0) is 13.3 Å². The number of hydrogen-bond acceptors (Lipinski definition) is 3. The highest BCUT2D eigenvalue weighted by molar-refractivity contribution is 4.41. The van der Waals surface area contributed by atoms with E-state index in [9.17, 15) is 0 Å². The van der Waals surface area contributed by atoms with Gasteiger partial charge in [0.1, 0.15) is 0 Å². The van der Waals surface area contributed by atoms with Crippen LogP contribution in [0.5, 0.6) is 0 Å². The predicted octanol–water partition coefficient (Wildman–Crippen LogP) is 0.247. The van der Waals surface area contributed by atoms with E-state index in [1.54, 1.807) is 6.92 Å². The van der Waals surface area contributed by atoms with Gasteiger partial charge in [0, 0.05) is 0 Å². The summed E-state index contributed by atoms with van der Waals surface area (Å²) in [5.41, 5.74) is 0. The van der Waals surface area contributed by atoms with Crippen LogP contribution in [0.3, 0.4) is 0 Å². The van der Waals surface area contributed by atoms with Gasteiger partial charge in [0.05, 0.1) is 12.7 Å². The fraction of sp³-hybridized carbons (Fsp3) is 1.00. The van der Waals surface area contributed by atoms with Crippen molar-refractivity contribution in [1.29, 1.82) is 0 Å². The van der Waals surface area contributed by atoms with Gasteiger partial charge in [-0.15, -0.1) is 0 Å². The van der Waals surface area contributed by atoms with Gasteiger partial charge in [0.25, 0.3) is 0 Å². The van der Waals surface area contributed by atoms with E-state index >= 15 is 0 Å². The second kappa shape index (κ2) is 4.05. The zero-order chi connectivity index (χ0) is 5.70. The molecule has 2 N–H and O–H groups in total. The summed E-state index contributed by atoms with van der Waals surface area (Å²) in [5.74, 6) is 0. The molecule has 0 fully saturated rings. The zero-order valence-electron chi connectivity index (χ0n) is 4.29. The fourth-order valence-corrected chi connectivity index (χ4v) is 0.223. The molecule has 0 rings (SSSR count). The van der Waals surface area contributed by atoms with Crippen molar-refractivity contribution in [3.63, 3.8) is 0 Å². The third kappa shape index (κ3) is 5.88. The first-order chi connectivity index (χ1) is 3.27. The van der Waals surface area contributed by atoms with Crippen molar-refractivity contribution in [2.24, 2.45) is 0 Å². The van der Waals surface area contributed by atoms with Crippen molar-refractivity contribution in [1.82, 2.24) is 0 Å². The number of hydrogen-bond donors (Lipinski definition) is 2. The first-order valence-electron chi connectivity index (χ1n) is 2.22. The quantitative estimate of drug-likeness (QED) is 0.400. The maximum atomic E-state index is 8.49. The Morgan fingerprint density at radius 1 is 1.71 bits per heavy atom. The Kier molecular flexibility index (Phi) is 3.98. The van der Waals surface area contributed by atoms with E-state index in [4.69, 9.17) is 10.4 Å². The Morgan fingerprint density at radius 2 is 2.29 bits per heavy atom. The van der Waals surface area contributed by atoms with Crippen LogP contribution in [0.25, 0.3) is 0 Å². The molecule has 0 aliphatic rings. The predicted molar refractivity (Wildman–Crippen MR) is 24.9 cm³/mol. The minimum Gasteiger partial charge on any atom is -0.393 e. The van der Waals surface area contributed by atoms with Crippen LogP contribution < -0.4 is 0 Å². The largest absolute Gasteiger partial charge is 0.393 e. The molecule has 0 amide bonds. The average molecular weight is 106 g/mol. The van der Waals surface area contributed by atoms with Crippen molar-refractivity contribution in [2.75, 3.05) is 6.61 Å². The smallest absolute Gasteiger partial charge is 0.0844 e. The molecular weight excluding hydrogens is 96.0 g/mol. The van der Waals surface area contributed by atoms with E-state index in [2.05, 4.69) is 4.89 Å². The summed E-state index contributed by atoms with van der Waals surface area (Å²) in [6.07, 6.45) is 0.100. The molecule has 1 unspecified atom stereocenters. The first kappa shape index (κ1) is 6.88. The van der Waals surface area contributed by atoms with Gasteiger partial charge in [0.15, 0.2) is 0 Å². The van der Waals surface area contributed by atoms with Gasteiger partial charge in [-0.1, -0.05) is 0 Å². The fourth-order valence-electron chi connectivity index (χ4n) is 0.223. The molecule has 0 aliphatic heterocycles. The molecule has 0 heterocycles. The van der Waals surface area contributed by atoms with Crippen LogP contribution in [0.1, 0.15) is 13.3 Å². The molecule has 7 heavy (non-hydrogen) atoms. The van der Waals surface area contributed by atoms with Crippen LogP contribution in [0.2, 0.25) is 0 Å². The average Bonchev–Trinajstić information content (AvgIpc) is 1.61. The van der Waals surface area contributed by atoms with Gasteiger partial charge in [-0.25, -0.2) is 4.89 Å². The number of rotatable bonds is 3. The zero-order valence-corrected chi connectivity index (χ0v) is 4.29. The molecular formula is C4H10O3. The molecule has 0 aliphatic carbocycles. The molecule has 3 heteroatoms. The normalized spacial score (nSPS) is 14.1. The topological polar surface area (TPSA) is 49.7 Å². The van der Waals surface area contributed by atoms with E-state index in [0.29, 0.717) is 6.42 Å². The molecule has 44 valence electrons. The Balaban J connectivity index is 2.68. The van der Waals surface area contributed by atoms with E-state index in [-0.39, 0.29) is 12.7 Å². The third-order valence-electron chi connectivity index (χ3n) is 0.627. The lowest BCUT2D eigenvalue weighted by molar-refractivity contribution is -0.245. The van der Waals surface area contributed by atoms with Gasteiger partial charge in [-0.3, -0.25) is 5.26 Å². The van der Waals surface area contributed by atoms with E-state index < -0.39 is 0 Å². The lowest BCUT2D eigenvalue weighted by Gasteiger charge is -1.97. The summed E-state index contributed by atoms with van der Waals surface area (Å²) in [7, 11) is 0. The number of aliphatic hydroxyl groups excluding tert-OH is 1. The SMILES string of the molecule is CC(O)CCOO. The highest BCUT2D eigenvalue weighted by Crippen LogP contribution is 1.86. The summed E-state index contributed by atoms with van der Waals surface area (Å²) in [6, 6.07) is 0. The summed E-state index contributed by atoms with van der Waals surface area (Å²) < 4.78 is 0. The van der Waals surface area contributed by atoms with E-state index in [1.807, 2.05) is 0 Å². The molecule has 0 saturated carbocycles. The van der Waals surface area contributed by atoms with Crippen LogP contribution in [-0.2, 0) is 4.89 Å². The van der Waals surface area contributed by atoms with Crippen molar-refractivity contribution < 1.29 is 15.3 Å². The standard InChI is InChI=1S/C4H10O3/c1-4(5)2-3-7-6/h4-6H,2-3H2,1H3. The van der Waals surface area contributed by atoms with Crippen molar-refractivity contribution in [3.8, 4) is 0 Å². The Morgan fingerprint density at radius 3 is 2.43 bits per heavy atom. The van der Waals surface area contributed by atoms with Gasteiger partial charge < -0.3 is 5.11 Å². The Bertz CT molecular complexity index is 35.9. The Hall–Kier alpha value is -0.120. The highest BCUT2D eigenvalue weighted by atomic mass is 17.1. The van der Waals surface area contributed by atoms with Crippen LogP contribution in [0.4, 0.5) is 0 Å². The summed E-state index contributed by atoms with van der Waals surface area (Å²) in [6.45, 7) is 1.84. The maximum Gasteiger partial charge on any atom is 0.0844 e. The lowest BCUT2D eigenvalue weighted by atomic mass is 10.3. The molecule has 3 nitrogen and oxygen atoms in total. The van der Waals surface area contributed by atoms with Crippen LogP contribution in [0.15, 0.2) is 0 Å². The maximum absolute atomic E-state index is 8.49. The second-order valence-corrected chi connectivity index (χ2v) is 1.47. The van der Waals surface area contributed by atoms with Gasteiger partial charge >= 0.3 is 0 Å². The van der Waals surface area contributed by atoms with Crippen molar-refractivity contribution in [3.05, 3.63) is 0 Å². The Labute approximate surface area is 42.5 Å². The lowest BCUT2D eigenvalue weighted by Crippen LogP contribution is -2.03. The third-order valence-corrected chi connectivity index (χ3v) is 0.627. The van der Waals surface area contributed by atoms with Crippen LogP contribution >= 0.6 is 0 Å². The summed E-state index contributed by atoms with van der Waals surface area (Å²) in [5, 5.41) is 16.2. The van der Waals surface area contributed by atoms with Crippen molar-refractivity contribution >= 4 is 0 Å². The summed E-state index contributed by atoms with van der Waals surface area (Å²) in [4.78, 5) is 3.69. The van der Waals surface area contributed by atoms with Gasteiger partial charge in [-0.2, -0.15) is 0 Å².